The van der Waals surface area contributed by atoms with Gasteiger partial charge in [-0.05, 0) is 30.6 Å². The zero-order valence-corrected chi connectivity index (χ0v) is 10.1. The second-order valence-electron chi connectivity index (χ2n) is 6.02. The Morgan fingerprint density at radius 3 is 2.40 bits per heavy atom. The van der Waals surface area contributed by atoms with E-state index in [1.165, 1.54) is 0 Å². The summed E-state index contributed by atoms with van der Waals surface area (Å²) in [6.45, 7) is 4.18. The molecule has 3 heteroatoms. The van der Waals surface area contributed by atoms with E-state index in [0.717, 1.165) is 19.3 Å². The highest BCUT2D eigenvalue weighted by atomic mass is 16.3. The summed E-state index contributed by atoms with van der Waals surface area (Å²) in [6.07, 6.45) is 2.35. The quantitative estimate of drug-likeness (QED) is 0.709. The second kappa shape index (κ2) is 2.97. The zero-order valence-electron chi connectivity index (χ0n) is 10.1. The van der Waals surface area contributed by atoms with E-state index >= 15 is 0 Å². The Labute approximate surface area is 91.5 Å². The minimum atomic E-state index is -0.475. The van der Waals surface area contributed by atoms with Crippen molar-refractivity contribution in [1.29, 1.82) is 0 Å². The van der Waals surface area contributed by atoms with Crippen LogP contribution in [0.1, 0.15) is 33.1 Å². The lowest BCUT2D eigenvalue weighted by atomic mass is 9.69. The summed E-state index contributed by atoms with van der Waals surface area (Å²) in [4.78, 5) is 13.8. The SMILES string of the molecule is CN(C)C(=O)[C@@]12CC[C@H](C1)C(C)(C)[C@H]2O. The van der Waals surface area contributed by atoms with Crippen molar-refractivity contribution < 1.29 is 9.90 Å². The van der Waals surface area contributed by atoms with Gasteiger partial charge < -0.3 is 10.0 Å². The Hall–Kier alpha value is -0.570. The fraction of sp³-hybridized carbons (Fsp3) is 0.917. The summed E-state index contributed by atoms with van der Waals surface area (Å²) < 4.78 is 0. The normalized spacial score (nSPS) is 41.9. The van der Waals surface area contributed by atoms with Gasteiger partial charge in [-0.2, -0.15) is 0 Å². The van der Waals surface area contributed by atoms with Gasteiger partial charge in [0, 0.05) is 14.1 Å². The average Bonchev–Trinajstić information content (AvgIpc) is 2.66. The molecule has 2 fully saturated rings. The van der Waals surface area contributed by atoms with Gasteiger partial charge in [0.15, 0.2) is 0 Å². The third-order valence-corrected chi connectivity index (χ3v) is 4.66. The predicted octanol–water partition coefficient (Wildman–Crippen LogP) is 1.26. The zero-order chi connectivity index (χ0) is 11.4. The molecule has 0 unspecified atom stereocenters. The maximum atomic E-state index is 12.2. The first-order valence-electron chi connectivity index (χ1n) is 5.72. The van der Waals surface area contributed by atoms with Gasteiger partial charge in [0.05, 0.1) is 11.5 Å². The minimum Gasteiger partial charge on any atom is -0.391 e. The number of carbonyl (C=O) groups is 1. The Morgan fingerprint density at radius 2 is 2.00 bits per heavy atom. The smallest absolute Gasteiger partial charge is 0.230 e. The van der Waals surface area contributed by atoms with Crippen LogP contribution in [-0.2, 0) is 4.79 Å². The fourth-order valence-corrected chi connectivity index (χ4v) is 3.65. The van der Waals surface area contributed by atoms with Crippen molar-refractivity contribution >= 4 is 5.91 Å². The van der Waals surface area contributed by atoms with Crippen LogP contribution in [0.3, 0.4) is 0 Å². The molecule has 2 aliphatic rings. The summed E-state index contributed by atoms with van der Waals surface area (Å²) in [5.41, 5.74) is -0.568. The predicted molar refractivity (Wildman–Crippen MR) is 58.3 cm³/mol. The topological polar surface area (TPSA) is 40.5 Å². The highest BCUT2D eigenvalue weighted by molar-refractivity contribution is 5.84. The Kier molecular flexibility index (Phi) is 2.16. The largest absolute Gasteiger partial charge is 0.391 e. The maximum absolute atomic E-state index is 12.2. The van der Waals surface area contributed by atoms with Gasteiger partial charge in [0.25, 0.3) is 0 Å². The summed E-state index contributed by atoms with van der Waals surface area (Å²) in [6, 6.07) is 0. The first-order chi connectivity index (χ1) is 6.82. The molecule has 0 radical (unpaired) electrons. The molecule has 0 aromatic carbocycles. The number of carbonyl (C=O) groups excluding carboxylic acids is 1. The molecule has 0 saturated heterocycles. The van der Waals surface area contributed by atoms with Gasteiger partial charge in [0.2, 0.25) is 5.91 Å². The summed E-state index contributed by atoms with van der Waals surface area (Å²) in [5.74, 6) is 0.625. The molecule has 0 aromatic rings. The van der Waals surface area contributed by atoms with E-state index in [2.05, 4.69) is 13.8 Å². The third-order valence-electron chi connectivity index (χ3n) is 4.66. The lowest BCUT2D eigenvalue weighted by Crippen LogP contribution is -2.49. The van der Waals surface area contributed by atoms with Gasteiger partial charge in [-0.3, -0.25) is 4.79 Å². The van der Waals surface area contributed by atoms with E-state index < -0.39 is 11.5 Å². The molecular weight excluding hydrogens is 190 g/mol. The summed E-state index contributed by atoms with van der Waals surface area (Å²) >= 11 is 0. The number of rotatable bonds is 1. The van der Waals surface area contributed by atoms with Crippen molar-refractivity contribution in [3.63, 3.8) is 0 Å². The lowest BCUT2D eigenvalue weighted by molar-refractivity contribution is -0.149. The summed E-state index contributed by atoms with van der Waals surface area (Å²) in [5, 5.41) is 10.4. The highest BCUT2D eigenvalue weighted by Crippen LogP contribution is 2.63. The Bertz CT molecular complexity index is 298. The van der Waals surface area contributed by atoms with Gasteiger partial charge in [-0.15, -0.1) is 0 Å². The standard InChI is InChI=1S/C12H21NO2/c1-11(2)8-5-6-12(7-8,9(11)14)10(15)13(3)4/h8-9,14H,5-7H2,1-4H3/t8-,9-,12+/m1/s1. The molecule has 2 aliphatic carbocycles. The van der Waals surface area contributed by atoms with Gasteiger partial charge in [-0.25, -0.2) is 0 Å². The Balaban J connectivity index is 2.35. The number of aliphatic hydroxyl groups is 1. The highest BCUT2D eigenvalue weighted by Gasteiger charge is 2.64. The van der Waals surface area contributed by atoms with Crippen LogP contribution in [0.2, 0.25) is 0 Å². The number of hydrogen-bond donors (Lipinski definition) is 1. The molecule has 0 aromatic heterocycles. The fourth-order valence-electron chi connectivity index (χ4n) is 3.65. The van der Waals surface area contributed by atoms with E-state index in [0.29, 0.717) is 5.92 Å². The van der Waals surface area contributed by atoms with Crippen molar-refractivity contribution in [2.24, 2.45) is 16.7 Å². The number of amides is 1. The molecule has 0 heterocycles. The van der Waals surface area contributed by atoms with Crippen molar-refractivity contribution in [2.45, 2.75) is 39.2 Å². The Morgan fingerprint density at radius 1 is 1.40 bits per heavy atom. The summed E-state index contributed by atoms with van der Waals surface area (Å²) in [7, 11) is 3.56. The van der Waals surface area contributed by atoms with E-state index in [4.69, 9.17) is 0 Å². The molecule has 2 bridgehead atoms. The lowest BCUT2D eigenvalue weighted by Gasteiger charge is -2.40. The average molecular weight is 211 g/mol. The van der Waals surface area contributed by atoms with Crippen LogP contribution in [0.15, 0.2) is 0 Å². The molecule has 2 saturated carbocycles. The van der Waals surface area contributed by atoms with Crippen molar-refractivity contribution in [3.8, 4) is 0 Å². The van der Waals surface area contributed by atoms with Crippen molar-refractivity contribution in [1.82, 2.24) is 4.90 Å². The maximum Gasteiger partial charge on any atom is 0.230 e. The van der Waals surface area contributed by atoms with E-state index in [1.54, 1.807) is 19.0 Å². The third kappa shape index (κ3) is 1.19. The van der Waals surface area contributed by atoms with Crippen LogP contribution < -0.4 is 0 Å². The van der Waals surface area contributed by atoms with Gasteiger partial charge >= 0.3 is 0 Å². The molecule has 0 spiro atoms. The van der Waals surface area contributed by atoms with Gasteiger partial charge in [0.1, 0.15) is 0 Å². The second-order valence-corrected chi connectivity index (χ2v) is 6.02. The van der Waals surface area contributed by atoms with Crippen LogP contribution in [0, 0.1) is 16.7 Å². The minimum absolute atomic E-state index is 0.0933. The number of fused-ring (bicyclic) bond motifs is 2. The first-order valence-corrected chi connectivity index (χ1v) is 5.72. The van der Waals surface area contributed by atoms with Crippen LogP contribution in [0.4, 0.5) is 0 Å². The van der Waals surface area contributed by atoms with Crippen molar-refractivity contribution in [2.75, 3.05) is 14.1 Å². The van der Waals surface area contributed by atoms with E-state index in [-0.39, 0.29) is 11.3 Å². The molecule has 1 amide bonds. The molecule has 3 nitrogen and oxygen atoms in total. The van der Waals surface area contributed by atoms with Crippen LogP contribution >= 0.6 is 0 Å². The molecule has 3 atom stereocenters. The van der Waals surface area contributed by atoms with Crippen LogP contribution in [-0.4, -0.2) is 36.1 Å². The van der Waals surface area contributed by atoms with Crippen LogP contribution in [0.25, 0.3) is 0 Å². The molecular formula is C12H21NO2. The number of aliphatic hydroxyl groups excluding tert-OH is 1. The molecule has 15 heavy (non-hydrogen) atoms. The van der Waals surface area contributed by atoms with E-state index in [1.807, 2.05) is 0 Å². The molecule has 1 N–H and O–H groups in total. The van der Waals surface area contributed by atoms with Crippen molar-refractivity contribution in [3.05, 3.63) is 0 Å². The molecule has 2 rings (SSSR count). The number of hydrogen-bond acceptors (Lipinski definition) is 2. The number of nitrogens with zero attached hydrogens (tertiary/aromatic N) is 1. The van der Waals surface area contributed by atoms with Gasteiger partial charge in [-0.1, -0.05) is 13.8 Å². The molecule has 0 aliphatic heterocycles. The van der Waals surface area contributed by atoms with Crippen LogP contribution in [0.5, 0.6) is 0 Å². The first kappa shape index (κ1) is 10.9. The van der Waals surface area contributed by atoms with E-state index in [9.17, 15) is 9.90 Å². The molecule has 86 valence electrons. The monoisotopic (exact) mass is 211 g/mol.